The van der Waals surface area contributed by atoms with E-state index >= 15 is 0 Å². The zero-order chi connectivity index (χ0) is 12.5. The molecule has 0 spiro atoms. The molecule has 1 N–H and O–H groups in total. The Morgan fingerprint density at radius 1 is 1.18 bits per heavy atom. The molecule has 0 heterocycles. The summed E-state index contributed by atoms with van der Waals surface area (Å²) in [5.41, 5.74) is 0. The van der Waals surface area contributed by atoms with Gasteiger partial charge in [0.2, 0.25) is 0 Å². The molecule has 4 heteroatoms. The highest BCUT2D eigenvalue weighted by Crippen LogP contribution is 2.18. The van der Waals surface area contributed by atoms with Crippen LogP contribution in [-0.2, 0) is 0 Å². The molecule has 0 saturated heterocycles. The molecule has 0 radical (unpaired) electrons. The topological polar surface area (TPSA) is 33.7 Å². The third-order valence-electron chi connectivity index (χ3n) is 2.32. The minimum absolute atomic E-state index is 0.667. The molecule has 0 bridgehead atoms. The maximum absolute atomic E-state index is 5.60. The third kappa shape index (κ3) is 6.14. The van der Waals surface area contributed by atoms with Crippen molar-refractivity contribution in [3.8, 4) is 11.5 Å². The lowest BCUT2D eigenvalue weighted by Crippen LogP contribution is -2.29. The molecule has 0 unspecified atom stereocenters. The zero-order valence-electron chi connectivity index (χ0n) is 10.9. The second-order valence-corrected chi connectivity index (χ2v) is 4.08. The average molecular weight is 238 g/mol. The minimum atomic E-state index is 0.667. The molecule has 0 atom stereocenters. The molecule has 4 nitrogen and oxygen atoms in total. The summed E-state index contributed by atoms with van der Waals surface area (Å²) in [6.45, 7) is 3.54. The number of ether oxygens (including phenoxy) is 2. The summed E-state index contributed by atoms with van der Waals surface area (Å²) in [5.74, 6) is 1.67. The molecule has 1 aromatic rings. The van der Waals surface area contributed by atoms with Gasteiger partial charge in [0.25, 0.3) is 0 Å². The predicted octanol–water partition coefficient (Wildman–Crippen LogP) is 1.23. The summed E-state index contributed by atoms with van der Waals surface area (Å²) >= 11 is 0. The summed E-state index contributed by atoms with van der Waals surface area (Å²) in [6, 6.07) is 7.65. The number of likely N-dealkylation sites (N-methyl/N-ethyl adjacent to an activating group) is 1. The molecule has 1 rings (SSSR count). The summed E-state index contributed by atoms with van der Waals surface area (Å²) in [5, 5.41) is 3.32. The molecule has 1 aromatic carbocycles. The van der Waals surface area contributed by atoms with Crippen molar-refractivity contribution in [2.75, 3.05) is 47.4 Å². The fourth-order valence-electron chi connectivity index (χ4n) is 1.36. The number of rotatable bonds is 8. The molecule has 96 valence electrons. The first-order valence-electron chi connectivity index (χ1n) is 5.84. The van der Waals surface area contributed by atoms with Crippen LogP contribution in [0.4, 0.5) is 0 Å². The summed E-state index contributed by atoms with van der Waals surface area (Å²) < 4.78 is 10.7. The lowest BCUT2D eigenvalue weighted by Gasteiger charge is -2.11. The van der Waals surface area contributed by atoms with Gasteiger partial charge in [-0.15, -0.1) is 0 Å². The first-order chi connectivity index (χ1) is 8.22. The highest BCUT2D eigenvalue weighted by molar-refractivity contribution is 5.32. The largest absolute Gasteiger partial charge is 0.497 e. The van der Waals surface area contributed by atoms with Gasteiger partial charge in [-0.2, -0.15) is 0 Å². The lowest BCUT2D eigenvalue weighted by atomic mass is 10.3. The van der Waals surface area contributed by atoms with Crippen molar-refractivity contribution in [3.63, 3.8) is 0 Å². The lowest BCUT2D eigenvalue weighted by molar-refractivity contribution is 0.306. The monoisotopic (exact) mass is 238 g/mol. The smallest absolute Gasteiger partial charge is 0.123 e. The Morgan fingerprint density at radius 2 is 1.94 bits per heavy atom. The van der Waals surface area contributed by atoms with Crippen molar-refractivity contribution < 1.29 is 9.47 Å². The van der Waals surface area contributed by atoms with Gasteiger partial charge in [-0.25, -0.2) is 0 Å². The molecular weight excluding hydrogens is 216 g/mol. The van der Waals surface area contributed by atoms with E-state index in [9.17, 15) is 0 Å². The first kappa shape index (κ1) is 13.8. The van der Waals surface area contributed by atoms with Gasteiger partial charge in [0, 0.05) is 25.7 Å². The number of hydrogen-bond donors (Lipinski definition) is 1. The van der Waals surface area contributed by atoms with Crippen LogP contribution in [0.2, 0.25) is 0 Å². The molecule has 0 aliphatic rings. The van der Waals surface area contributed by atoms with Crippen LogP contribution < -0.4 is 14.8 Å². The maximum atomic E-state index is 5.60. The van der Waals surface area contributed by atoms with Gasteiger partial charge < -0.3 is 19.7 Å². The van der Waals surface area contributed by atoms with Crippen LogP contribution in [0.1, 0.15) is 0 Å². The number of benzene rings is 1. The molecule has 0 fully saturated rings. The Bertz CT molecular complexity index is 316. The molecule has 0 aliphatic carbocycles. The van der Waals surface area contributed by atoms with Crippen LogP contribution >= 0.6 is 0 Å². The van der Waals surface area contributed by atoms with Crippen LogP contribution in [0.15, 0.2) is 24.3 Å². The van der Waals surface area contributed by atoms with E-state index in [-0.39, 0.29) is 0 Å². The van der Waals surface area contributed by atoms with Crippen molar-refractivity contribution in [2.24, 2.45) is 0 Å². The van der Waals surface area contributed by atoms with Gasteiger partial charge in [-0.05, 0) is 26.2 Å². The van der Waals surface area contributed by atoms with E-state index in [0.717, 1.165) is 31.1 Å². The molecule has 17 heavy (non-hydrogen) atoms. The summed E-state index contributed by atoms with van der Waals surface area (Å²) in [4.78, 5) is 2.15. The molecule has 0 aromatic heterocycles. The van der Waals surface area contributed by atoms with E-state index in [4.69, 9.17) is 9.47 Å². The average Bonchev–Trinajstić information content (AvgIpc) is 2.33. The number of nitrogens with one attached hydrogen (secondary N) is 1. The Kier molecular flexibility index (Phi) is 6.43. The Balaban J connectivity index is 2.13. The normalized spacial score (nSPS) is 10.6. The van der Waals surface area contributed by atoms with E-state index in [2.05, 4.69) is 24.3 Å². The zero-order valence-corrected chi connectivity index (χ0v) is 10.9. The van der Waals surface area contributed by atoms with Gasteiger partial charge in [0.15, 0.2) is 0 Å². The van der Waals surface area contributed by atoms with Crippen molar-refractivity contribution >= 4 is 0 Å². The number of nitrogens with zero attached hydrogens (tertiary/aromatic N) is 1. The first-order valence-corrected chi connectivity index (χ1v) is 5.84. The summed E-state index contributed by atoms with van der Waals surface area (Å²) in [6.07, 6.45) is 0. The second-order valence-electron chi connectivity index (χ2n) is 4.08. The van der Waals surface area contributed by atoms with Crippen molar-refractivity contribution in [3.05, 3.63) is 24.3 Å². The molecular formula is C13H22N2O2. The van der Waals surface area contributed by atoms with Gasteiger partial charge in [0.1, 0.15) is 18.1 Å². The maximum Gasteiger partial charge on any atom is 0.123 e. The van der Waals surface area contributed by atoms with E-state index < -0.39 is 0 Å². The van der Waals surface area contributed by atoms with Crippen LogP contribution in [0.25, 0.3) is 0 Å². The van der Waals surface area contributed by atoms with Crippen molar-refractivity contribution in [1.82, 2.24) is 10.2 Å². The van der Waals surface area contributed by atoms with E-state index in [1.165, 1.54) is 0 Å². The van der Waals surface area contributed by atoms with Gasteiger partial charge in [-0.3, -0.25) is 0 Å². The van der Waals surface area contributed by atoms with Crippen LogP contribution in [0.3, 0.4) is 0 Å². The fraction of sp³-hybridized carbons (Fsp3) is 0.538. The van der Waals surface area contributed by atoms with E-state index in [0.29, 0.717) is 6.61 Å². The van der Waals surface area contributed by atoms with Gasteiger partial charge in [0.05, 0.1) is 7.11 Å². The fourth-order valence-corrected chi connectivity index (χ4v) is 1.36. The standard InChI is InChI=1S/C13H22N2O2/c1-15(2)9-7-14-8-10-17-13-6-4-5-12(11-13)16-3/h4-6,11,14H,7-10H2,1-3H3. The molecule has 0 saturated carbocycles. The van der Waals surface area contributed by atoms with Crippen molar-refractivity contribution in [2.45, 2.75) is 0 Å². The van der Waals surface area contributed by atoms with Crippen LogP contribution in [0.5, 0.6) is 11.5 Å². The summed E-state index contributed by atoms with van der Waals surface area (Å²) in [7, 11) is 5.78. The second kappa shape index (κ2) is 7.92. The highest BCUT2D eigenvalue weighted by Gasteiger charge is 1.96. The number of hydrogen-bond acceptors (Lipinski definition) is 4. The van der Waals surface area contributed by atoms with Crippen LogP contribution in [0, 0.1) is 0 Å². The van der Waals surface area contributed by atoms with Gasteiger partial charge in [-0.1, -0.05) is 6.07 Å². The van der Waals surface area contributed by atoms with Crippen molar-refractivity contribution in [1.29, 1.82) is 0 Å². The Morgan fingerprint density at radius 3 is 2.65 bits per heavy atom. The third-order valence-corrected chi connectivity index (χ3v) is 2.32. The van der Waals surface area contributed by atoms with E-state index in [1.807, 2.05) is 24.3 Å². The Labute approximate surface area is 104 Å². The SMILES string of the molecule is COc1cccc(OCCNCCN(C)C)c1. The van der Waals surface area contributed by atoms with Gasteiger partial charge >= 0.3 is 0 Å². The molecule has 0 amide bonds. The predicted molar refractivity (Wildman–Crippen MR) is 69.9 cm³/mol. The highest BCUT2D eigenvalue weighted by atomic mass is 16.5. The molecule has 0 aliphatic heterocycles. The minimum Gasteiger partial charge on any atom is -0.497 e. The number of methoxy groups -OCH3 is 1. The quantitative estimate of drug-likeness (QED) is 0.691. The Hall–Kier alpha value is -1.26. The van der Waals surface area contributed by atoms with E-state index in [1.54, 1.807) is 7.11 Å². The van der Waals surface area contributed by atoms with Crippen LogP contribution in [-0.4, -0.2) is 52.3 Å².